The third-order valence-corrected chi connectivity index (χ3v) is 6.93. The van der Waals surface area contributed by atoms with Crippen LogP contribution in [-0.4, -0.2) is 48.2 Å². The maximum atomic E-state index is 13.1. The second-order valence-corrected chi connectivity index (χ2v) is 8.44. The van der Waals surface area contributed by atoms with E-state index in [0.717, 1.165) is 45.4 Å². The summed E-state index contributed by atoms with van der Waals surface area (Å²) < 4.78 is 6.06. The van der Waals surface area contributed by atoms with E-state index in [9.17, 15) is 4.79 Å². The van der Waals surface area contributed by atoms with Gasteiger partial charge < -0.3 is 4.74 Å². The number of thiophene rings is 1. The first kappa shape index (κ1) is 16.3. The van der Waals surface area contributed by atoms with E-state index in [2.05, 4.69) is 46.0 Å². The van der Waals surface area contributed by atoms with Gasteiger partial charge in [-0.1, -0.05) is 24.3 Å². The summed E-state index contributed by atoms with van der Waals surface area (Å²) in [4.78, 5) is 17.5. The van der Waals surface area contributed by atoms with Gasteiger partial charge in [0.25, 0.3) is 0 Å². The van der Waals surface area contributed by atoms with Crippen LogP contribution < -0.4 is 0 Å². The molecule has 5 heteroatoms. The topological polar surface area (TPSA) is 32.8 Å². The van der Waals surface area contributed by atoms with Crippen molar-refractivity contribution in [1.29, 1.82) is 0 Å². The Bertz CT molecular complexity index is 783. The normalized spacial score (nSPS) is 30.1. The van der Waals surface area contributed by atoms with Crippen LogP contribution in [0, 0.1) is 5.92 Å². The fraction of sp³-hybridized carbons (Fsp3) is 0.476. The minimum absolute atomic E-state index is 0.0280. The molecule has 2 atom stereocenters. The number of benzene rings is 1. The number of ether oxygens (including phenoxy) is 1. The van der Waals surface area contributed by atoms with E-state index in [1.54, 1.807) is 11.3 Å². The Morgan fingerprint density at radius 2 is 1.96 bits per heavy atom. The molecule has 4 nitrogen and oxygen atoms in total. The summed E-state index contributed by atoms with van der Waals surface area (Å²) in [6.07, 6.45) is 3.13. The van der Waals surface area contributed by atoms with Crippen molar-refractivity contribution in [3.05, 3.63) is 57.8 Å². The fourth-order valence-corrected chi connectivity index (χ4v) is 5.47. The Balaban J connectivity index is 1.41. The number of hydrogen-bond acceptors (Lipinski definition) is 4. The zero-order valence-electron chi connectivity index (χ0n) is 14.8. The van der Waals surface area contributed by atoms with Gasteiger partial charge in [0.2, 0.25) is 0 Å². The van der Waals surface area contributed by atoms with Crippen molar-refractivity contribution < 1.29 is 9.53 Å². The van der Waals surface area contributed by atoms with Crippen molar-refractivity contribution >= 4 is 17.4 Å². The molecule has 0 saturated carbocycles. The van der Waals surface area contributed by atoms with Gasteiger partial charge in [0.15, 0.2) is 0 Å². The molecule has 0 radical (unpaired) electrons. The number of fused-ring (bicyclic) bond motifs is 4. The SMILES string of the molecule is O=C(OC1CN2CCC1CC2)N1CCc2ccccc2C1c1ccsc1. The molecule has 5 heterocycles. The molecule has 0 N–H and O–H groups in total. The molecule has 4 aliphatic heterocycles. The third-order valence-electron chi connectivity index (χ3n) is 6.23. The van der Waals surface area contributed by atoms with Gasteiger partial charge in [-0.25, -0.2) is 4.79 Å². The van der Waals surface area contributed by atoms with Crippen molar-refractivity contribution in [3.63, 3.8) is 0 Å². The molecule has 3 fully saturated rings. The number of carbonyl (C=O) groups excluding carboxylic acids is 1. The van der Waals surface area contributed by atoms with Crippen LogP contribution in [0.25, 0.3) is 0 Å². The predicted octanol–water partition coefficient (Wildman–Crippen LogP) is 3.93. The van der Waals surface area contributed by atoms with E-state index in [0.29, 0.717) is 5.92 Å². The van der Waals surface area contributed by atoms with E-state index >= 15 is 0 Å². The molecule has 2 aromatic rings. The average molecular weight is 369 g/mol. The van der Waals surface area contributed by atoms with Crippen molar-refractivity contribution in [2.24, 2.45) is 5.92 Å². The van der Waals surface area contributed by atoms with E-state index < -0.39 is 0 Å². The first-order valence-corrected chi connectivity index (χ1v) is 10.5. The van der Waals surface area contributed by atoms with Crippen molar-refractivity contribution in [2.45, 2.75) is 31.4 Å². The summed E-state index contributed by atoms with van der Waals surface area (Å²) in [5.74, 6) is 0.542. The van der Waals surface area contributed by atoms with Gasteiger partial charge in [0.05, 0.1) is 6.04 Å². The maximum Gasteiger partial charge on any atom is 0.410 e. The van der Waals surface area contributed by atoms with Gasteiger partial charge >= 0.3 is 6.09 Å². The van der Waals surface area contributed by atoms with Gasteiger partial charge in [-0.3, -0.25) is 9.80 Å². The van der Waals surface area contributed by atoms with E-state index in [-0.39, 0.29) is 18.2 Å². The number of rotatable bonds is 2. The lowest BCUT2D eigenvalue weighted by atomic mass is 9.86. The van der Waals surface area contributed by atoms with E-state index in [1.165, 1.54) is 16.7 Å². The first-order valence-electron chi connectivity index (χ1n) is 9.59. The molecule has 2 bridgehead atoms. The van der Waals surface area contributed by atoms with Crippen molar-refractivity contribution in [2.75, 3.05) is 26.2 Å². The number of piperidine rings is 3. The lowest BCUT2D eigenvalue weighted by Gasteiger charge is -2.45. The first-order chi connectivity index (χ1) is 12.8. The quantitative estimate of drug-likeness (QED) is 0.805. The summed E-state index contributed by atoms with van der Waals surface area (Å²) in [6.45, 7) is 3.95. The van der Waals surface area contributed by atoms with E-state index in [1.807, 2.05) is 4.90 Å². The minimum Gasteiger partial charge on any atom is -0.444 e. The van der Waals surface area contributed by atoms with Crippen LogP contribution >= 0.6 is 11.3 Å². The Morgan fingerprint density at radius 1 is 1.12 bits per heavy atom. The largest absolute Gasteiger partial charge is 0.444 e. The molecule has 0 aliphatic carbocycles. The number of carbonyl (C=O) groups is 1. The molecular formula is C21H24N2O2S. The van der Waals surface area contributed by atoms with E-state index in [4.69, 9.17) is 4.74 Å². The predicted molar refractivity (Wildman–Crippen MR) is 102 cm³/mol. The van der Waals surface area contributed by atoms with Crippen LogP contribution in [0.3, 0.4) is 0 Å². The Kier molecular flexibility index (Phi) is 4.21. The van der Waals surface area contributed by atoms with Gasteiger partial charge in [0.1, 0.15) is 6.10 Å². The summed E-state index contributed by atoms with van der Waals surface area (Å²) in [5.41, 5.74) is 3.77. The van der Waals surface area contributed by atoms with Crippen LogP contribution in [0.15, 0.2) is 41.1 Å². The van der Waals surface area contributed by atoms with Gasteiger partial charge in [-0.2, -0.15) is 11.3 Å². The summed E-state index contributed by atoms with van der Waals surface area (Å²) >= 11 is 1.68. The molecular weight excluding hydrogens is 344 g/mol. The molecule has 26 heavy (non-hydrogen) atoms. The highest BCUT2D eigenvalue weighted by molar-refractivity contribution is 7.08. The molecule has 4 aliphatic rings. The zero-order valence-corrected chi connectivity index (χ0v) is 15.7. The Hall–Kier alpha value is -1.85. The molecule has 1 amide bonds. The van der Waals surface area contributed by atoms with Crippen LogP contribution in [0.5, 0.6) is 0 Å². The molecule has 136 valence electrons. The zero-order chi connectivity index (χ0) is 17.5. The molecule has 1 aromatic carbocycles. The summed E-state index contributed by atoms with van der Waals surface area (Å²) in [7, 11) is 0. The highest BCUT2D eigenvalue weighted by Crippen LogP contribution is 2.37. The van der Waals surface area contributed by atoms with Gasteiger partial charge in [0, 0.05) is 13.1 Å². The minimum atomic E-state index is -0.144. The lowest BCUT2D eigenvalue weighted by molar-refractivity contribution is -0.0462. The Morgan fingerprint density at radius 3 is 2.69 bits per heavy atom. The monoisotopic (exact) mass is 368 g/mol. The van der Waals surface area contributed by atoms with Crippen LogP contribution in [0.2, 0.25) is 0 Å². The number of hydrogen-bond donors (Lipinski definition) is 0. The van der Waals surface area contributed by atoms with Crippen molar-refractivity contribution in [1.82, 2.24) is 9.80 Å². The highest BCUT2D eigenvalue weighted by Gasteiger charge is 2.39. The second-order valence-electron chi connectivity index (χ2n) is 7.66. The van der Waals surface area contributed by atoms with Gasteiger partial charge in [-0.05, 0) is 71.8 Å². The molecule has 3 saturated heterocycles. The van der Waals surface area contributed by atoms with Crippen LogP contribution in [-0.2, 0) is 11.2 Å². The molecule has 0 spiro atoms. The summed E-state index contributed by atoms with van der Waals surface area (Å²) in [6, 6.07) is 10.6. The maximum absolute atomic E-state index is 13.1. The van der Waals surface area contributed by atoms with Gasteiger partial charge in [-0.15, -0.1) is 0 Å². The number of nitrogens with zero attached hydrogens (tertiary/aromatic N) is 2. The third kappa shape index (κ3) is 2.83. The smallest absolute Gasteiger partial charge is 0.410 e. The highest BCUT2D eigenvalue weighted by atomic mass is 32.1. The summed E-state index contributed by atoms with van der Waals surface area (Å²) in [5, 5.41) is 4.24. The van der Waals surface area contributed by atoms with Crippen LogP contribution in [0.1, 0.15) is 35.6 Å². The second kappa shape index (κ2) is 6.71. The number of amides is 1. The molecule has 2 unspecified atom stereocenters. The molecule has 6 rings (SSSR count). The lowest BCUT2D eigenvalue weighted by Crippen LogP contribution is -2.53. The molecule has 1 aromatic heterocycles. The average Bonchev–Trinajstić information content (AvgIpc) is 3.22. The standard InChI is InChI=1S/C21H24N2O2S/c24-21(25-19-13-22-9-5-16(19)6-10-22)23-11-7-15-3-1-2-4-18(15)20(23)17-8-12-26-14-17/h1-4,8,12,14,16,19-20H,5-7,9-11,13H2. The fourth-order valence-electron chi connectivity index (χ4n) is 4.79. The Labute approximate surface area is 158 Å². The van der Waals surface area contributed by atoms with Crippen LogP contribution in [0.4, 0.5) is 4.79 Å². The van der Waals surface area contributed by atoms with Crippen molar-refractivity contribution in [3.8, 4) is 0 Å².